The molecule has 2 aromatic carbocycles. The Morgan fingerprint density at radius 1 is 1.08 bits per heavy atom. The minimum absolute atomic E-state index is 0.0336. The molecular formula is C38H50ClN3O5S. The summed E-state index contributed by atoms with van der Waals surface area (Å²) < 4.78 is 31.3. The average molecular weight is 696 g/mol. The zero-order valence-electron chi connectivity index (χ0n) is 28.3. The number of carbonyl (C=O) groups excluding carboxylic acids is 2. The van der Waals surface area contributed by atoms with Gasteiger partial charge in [-0.1, -0.05) is 49.6 Å². The SMILES string of the molecule is CO[C@H]1/C=C/C[C@H](C)CS(=O)(CC(=O)NC2CCCC2)=NC(=O)c2ccc3c(c2)N(Cc2ccc(Cl)cc2CCCCO3)C[C@@H]2CC[C@H]21. The van der Waals surface area contributed by atoms with Crippen LogP contribution in [0.15, 0.2) is 52.9 Å². The van der Waals surface area contributed by atoms with Crippen LogP contribution in [0.1, 0.15) is 86.2 Å². The Hall–Kier alpha value is -2.88. The van der Waals surface area contributed by atoms with Crippen LogP contribution in [0.3, 0.4) is 0 Å². The van der Waals surface area contributed by atoms with Crippen LogP contribution < -0.4 is 15.0 Å². The van der Waals surface area contributed by atoms with Gasteiger partial charge in [-0.3, -0.25) is 9.59 Å². The molecule has 1 N–H and O–H groups in total. The molecule has 2 heterocycles. The molecule has 0 radical (unpaired) electrons. The molecule has 2 amide bonds. The fourth-order valence-electron chi connectivity index (χ4n) is 7.82. The predicted molar refractivity (Wildman–Crippen MR) is 192 cm³/mol. The van der Waals surface area contributed by atoms with Crippen molar-refractivity contribution in [1.29, 1.82) is 0 Å². The monoisotopic (exact) mass is 695 g/mol. The van der Waals surface area contributed by atoms with E-state index in [1.54, 1.807) is 13.2 Å². The maximum absolute atomic E-state index is 14.5. The van der Waals surface area contributed by atoms with Crippen LogP contribution in [0.4, 0.5) is 5.69 Å². The minimum atomic E-state index is -3.20. The number of aryl methyl sites for hydroxylation is 1. The fraction of sp³-hybridized carbons (Fsp3) is 0.579. The lowest BCUT2D eigenvalue weighted by Crippen LogP contribution is -2.43. The Labute approximate surface area is 291 Å². The number of amides is 2. The Balaban J connectivity index is 1.42. The first-order valence-corrected chi connectivity index (χ1v) is 20.0. The van der Waals surface area contributed by atoms with Gasteiger partial charge in [-0.2, -0.15) is 4.36 Å². The van der Waals surface area contributed by atoms with Gasteiger partial charge >= 0.3 is 0 Å². The average Bonchev–Trinajstić information content (AvgIpc) is 3.53. The van der Waals surface area contributed by atoms with Crippen molar-refractivity contribution in [2.75, 3.05) is 36.7 Å². The Morgan fingerprint density at radius 2 is 1.92 bits per heavy atom. The van der Waals surface area contributed by atoms with E-state index in [0.717, 1.165) is 80.8 Å². The number of anilines is 1. The smallest absolute Gasteiger partial charge is 0.285 e. The second-order valence-corrected chi connectivity index (χ2v) is 17.1. The second kappa shape index (κ2) is 15.8. The molecule has 2 saturated carbocycles. The molecule has 2 fully saturated rings. The summed E-state index contributed by atoms with van der Waals surface area (Å²) in [6.07, 6.45) is 13.8. The number of carbonyl (C=O) groups is 2. The zero-order valence-corrected chi connectivity index (χ0v) is 29.9. The summed E-state index contributed by atoms with van der Waals surface area (Å²) in [6.45, 7) is 3.96. The highest BCUT2D eigenvalue weighted by Crippen LogP contribution is 2.42. The summed E-state index contributed by atoms with van der Waals surface area (Å²) in [7, 11) is -1.43. The summed E-state index contributed by atoms with van der Waals surface area (Å²) in [5, 5.41) is 3.78. The van der Waals surface area contributed by atoms with E-state index in [9.17, 15) is 13.8 Å². The predicted octanol–water partition coefficient (Wildman–Crippen LogP) is 7.37. The van der Waals surface area contributed by atoms with Crippen molar-refractivity contribution < 1.29 is 23.3 Å². The molecule has 5 atom stereocenters. The summed E-state index contributed by atoms with van der Waals surface area (Å²) in [5.41, 5.74) is 3.59. The van der Waals surface area contributed by atoms with E-state index in [1.165, 1.54) is 11.1 Å². The van der Waals surface area contributed by atoms with Gasteiger partial charge < -0.3 is 19.7 Å². The molecule has 8 nitrogen and oxygen atoms in total. The van der Waals surface area contributed by atoms with Crippen LogP contribution in [0, 0.1) is 17.8 Å². The number of nitrogens with one attached hydrogen (secondary N) is 1. The number of fused-ring (bicyclic) bond motifs is 3. The quantitative estimate of drug-likeness (QED) is 0.336. The standard InChI is InChI=1S/C38H50ClN3O5S/c1-26-8-7-12-35(46-2)33-17-14-30(33)23-42-22-29-13-16-31(39)20-27(29)9-5-6-19-47-36-18-15-28(21-34(36)42)38(44)41-48(45,24-26)25-37(43)40-32-10-3-4-11-32/h7,12-13,15-16,18,20-21,26,30,32-33,35H,3-6,8-11,14,17,19,22-25H2,1-2H3,(H,40,43)/b12-7+/t26-,30-,33+,35-,48?/m0/s1. The van der Waals surface area contributed by atoms with Gasteiger partial charge in [0.15, 0.2) is 0 Å². The molecule has 2 aliphatic carbocycles. The first-order chi connectivity index (χ1) is 23.2. The first kappa shape index (κ1) is 35.0. The van der Waals surface area contributed by atoms with Crippen molar-refractivity contribution in [3.05, 3.63) is 70.3 Å². The number of rotatable bonds is 4. The molecule has 2 bridgehead atoms. The normalized spacial score (nSPS) is 29.2. The second-order valence-electron chi connectivity index (χ2n) is 14.3. The third-order valence-corrected chi connectivity index (χ3v) is 13.1. The van der Waals surface area contributed by atoms with Crippen LogP contribution in [-0.2, 0) is 32.2 Å². The molecule has 260 valence electrons. The Kier molecular flexibility index (Phi) is 11.5. The Bertz CT molecular complexity index is 1630. The van der Waals surface area contributed by atoms with Crippen molar-refractivity contribution in [2.45, 2.75) is 89.8 Å². The molecule has 6 rings (SSSR count). The zero-order chi connectivity index (χ0) is 33.7. The fourth-order valence-corrected chi connectivity index (χ4v) is 10.2. The summed E-state index contributed by atoms with van der Waals surface area (Å²) in [4.78, 5) is 29.4. The number of nitrogens with zero attached hydrogens (tertiary/aromatic N) is 2. The van der Waals surface area contributed by atoms with Gasteiger partial charge in [-0.25, -0.2) is 4.21 Å². The molecule has 0 spiro atoms. The molecule has 2 aliphatic heterocycles. The number of allylic oxidation sites excluding steroid dienone is 1. The number of halogens is 1. The van der Waals surface area contributed by atoms with Crippen molar-refractivity contribution in [3.8, 4) is 5.75 Å². The van der Waals surface area contributed by atoms with E-state index in [2.05, 4.69) is 38.9 Å². The lowest BCUT2D eigenvalue weighted by molar-refractivity contribution is -0.119. The van der Waals surface area contributed by atoms with Gasteiger partial charge in [0.05, 0.1) is 28.1 Å². The van der Waals surface area contributed by atoms with Crippen molar-refractivity contribution in [3.63, 3.8) is 0 Å². The van der Waals surface area contributed by atoms with Crippen LogP contribution >= 0.6 is 11.6 Å². The molecule has 10 heteroatoms. The van der Waals surface area contributed by atoms with Crippen molar-refractivity contribution >= 4 is 38.8 Å². The van der Waals surface area contributed by atoms with Gasteiger partial charge in [0, 0.05) is 42.6 Å². The maximum Gasteiger partial charge on any atom is 0.285 e. The summed E-state index contributed by atoms with van der Waals surface area (Å²) in [5.74, 6) is 0.429. The highest BCUT2D eigenvalue weighted by molar-refractivity contribution is 7.94. The van der Waals surface area contributed by atoms with E-state index in [0.29, 0.717) is 37.0 Å². The lowest BCUT2D eigenvalue weighted by Gasteiger charge is -2.43. The van der Waals surface area contributed by atoms with Gasteiger partial charge in [0.1, 0.15) is 11.5 Å². The third-order valence-electron chi connectivity index (χ3n) is 10.5. The maximum atomic E-state index is 14.5. The molecule has 4 aliphatic rings. The van der Waals surface area contributed by atoms with E-state index < -0.39 is 15.6 Å². The van der Waals surface area contributed by atoms with Gasteiger partial charge in [0.25, 0.3) is 5.91 Å². The van der Waals surface area contributed by atoms with Gasteiger partial charge in [-0.15, -0.1) is 0 Å². The van der Waals surface area contributed by atoms with E-state index in [-0.39, 0.29) is 35.5 Å². The minimum Gasteiger partial charge on any atom is -0.491 e. The van der Waals surface area contributed by atoms with Crippen molar-refractivity contribution in [1.82, 2.24) is 5.32 Å². The molecular weight excluding hydrogens is 646 g/mol. The summed E-state index contributed by atoms with van der Waals surface area (Å²) >= 11 is 6.46. The molecule has 1 unspecified atom stereocenters. The van der Waals surface area contributed by atoms with Gasteiger partial charge in [-0.05, 0) is 111 Å². The highest BCUT2D eigenvalue weighted by atomic mass is 35.5. The van der Waals surface area contributed by atoms with E-state index in [4.69, 9.17) is 21.1 Å². The number of hydrogen-bond acceptors (Lipinski definition) is 6. The van der Waals surface area contributed by atoms with Crippen molar-refractivity contribution in [2.24, 2.45) is 22.1 Å². The lowest BCUT2D eigenvalue weighted by atomic mass is 9.70. The third kappa shape index (κ3) is 8.64. The topological polar surface area (TPSA) is 97.3 Å². The number of methoxy groups -OCH3 is 1. The molecule has 48 heavy (non-hydrogen) atoms. The molecule has 0 aromatic heterocycles. The Morgan fingerprint density at radius 3 is 2.69 bits per heavy atom. The first-order valence-electron chi connectivity index (χ1n) is 17.7. The van der Waals surface area contributed by atoms with Gasteiger partial charge in [0.2, 0.25) is 5.91 Å². The van der Waals surface area contributed by atoms with Crippen LogP contribution in [0.5, 0.6) is 5.75 Å². The van der Waals surface area contributed by atoms with Crippen LogP contribution in [0.2, 0.25) is 5.02 Å². The summed E-state index contributed by atoms with van der Waals surface area (Å²) in [6, 6.07) is 11.7. The highest BCUT2D eigenvalue weighted by Gasteiger charge is 2.38. The van der Waals surface area contributed by atoms with Crippen LogP contribution in [0.25, 0.3) is 0 Å². The number of benzene rings is 2. The van der Waals surface area contributed by atoms with E-state index >= 15 is 0 Å². The largest absolute Gasteiger partial charge is 0.491 e. The molecule has 0 saturated heterocycles. The van der Waals surface area contributed by atoms with E-state index in [1.807, 2.05) is 25.1 Å². The number of ether oxygens (including phenoxy) is 2. The number of hydrogen-bond donors (Lipinski definition) is 1. The molecule has 2 aromatic rings. The van der Waals surface area contributed by atoms with Crippen LogP contribution in [-0.4, -0.2) is 59.9 Å².